The summed E-state index contributed by atoms with van der Waals surface area (Å²) in [6.07, 6.45) is 4.73. The van der Waals surface area contributed by atoms with Crippen molar-refractivity contribution >= 4 is 9.84 Å². The molecule has 4 nitrogen and oxygen atoms in total. The van der Waals surface area contributed by atoms with Crippen LogP contribution in [-0.4, -0.2) is 30.5 Å². The SMILES string of the molecule is CCCn1cccc1CNC1CCS(=O)(=O)CC1. The van der Waals surface area contributed by atoms with Crippen LogP contribution in [0.3, 0.4) is 0 Å². The van der Waals surface area contributed by atoms with Gasteiger partial charge in [-0.3, -0.25) is 0 Å². The van der Waals surface area contributed by atoms with Crippen molar-refractivity contribution in [1.82, 2.24) is 9.88 Å². The molecule has 2 rings (SSSR count). The Morgan fingerprint density at radius 3 is 2.78 bits per heavy atom. The molecule has 1 aromatic rings. The summed E-state index contributed by atoms with van der Waals surface area (Å²) in [4.78, 5) is 0. The molecule has 5 heteroatoms. The monoisotopic (exact) mass is 270 g/mol. The van der Waals surface area contributed by atoms with Gasteiger partial charge in [0.2, 0.25) is 0 Å². The second-order valence-corrected chi connectivity index (χ2v) is 7.30. The van der Waals surface area contributed by atoms with Crippen molar-refractivity contribution in [3.63, 3.8) is 0 Å². The lowest BCUT2D eigenvalue weighted by atomic mass is 10.1. The summed E-state index contributed by atoms with van der Waals surface area (Å²) in [5.41, 5.74) is 1.28. The smallest absolute Gasteiger partial charge is 0.150 e. The van der Waals surface area contributed by atoms with E-state index in [1.165, 1.54) is 5.69 Å². The zero-order valence-electron chi connectivity index (χ0n) is 10.9. The van der Waals surface area contributed by atoms with E-state index in [2.05, 4.69) is 35.1 Å². The fourth-order valence-corrected chi connectivity index (χ4v) is 3.90. The molecule has 1 fully saturated rings. The van der Waals surface area contributed by atoms with E-state index in [1.807, 2.05) is 0 Å². The van der Waals surface area contributed by atoms with Crippen LogP contribution in [0.4, 0.5) is 0 Å². The van der Waals surface area contributed by atoms with Gasteiger partial charge in [-0.25, -0.2) is 8.42 Å². The third-order valence-electron chi connectivity index (χ3n) is 3.51. The molecule has 0 atom stereocenters. The molecule has 1 aliphatic heterocycles. The van der Waals surface area contributed by atoms with Crippen molar-refractivity contribution in [2.45, 2.75) is 45.3 Å². The number of nitrogens with one attached hydrogen (secondary N) is 1. The molecule has 0 aromatic carbocycles. The van der Waals surface area contributed by atoms with Gasteiger partial charge in [0, 0.05) is 31.0 Å². The van der Waals surface area contributed by atoms with E-state index in [0.29, 0.717) is 17.5 Å². The summed E-state index contributed by atoms with van der Waals surface area (Å²) in [6.45, 7) is 4.05. The average molecular weight is 270 g/mol. The maximum atomic E-state index is 11.3. The minimum Gasteiger partial charge on any atom is -0.350 e. The highest BCUT2D eigenvalue weighted by Gasteiger charge is 2.23. The highest BCUT2D eigenvalue weighted by atomic mass is 32.2. The Balaban J connectivity index is 1.83. The maximum absolute atomic E-state index is 11.3. The summed E-state index contributed by atoms with van der Waals surface area (Å²) in [5.74, 6) is 0.668. The molecule has 18 heavy (non-hydrogen) atoms. The number of hydrogen-bond donors (Lipinski definition) is 1. The van der Waals surface area contributed by atoms with Gasteiger partial charge in [0.25, 0.3) is 0 Å². The second-order valence-electron chi connectivity index (χ2n) is 5.00. The highest BCUT2D eigenvalue weighted by Crippen LogP contribution is 2.13. The second kappa shape index (κ2) is 5.89. The van der Waals surface area contributed by atoms with E-state index >= 15 is 0 Å². The van der Waals surface area contributed by atoms with Gasteiger partial charge in [-0.2, -0.15) is 0 Å². The molecule has 1 aliphatic rings. The first-order chi connectivity index (χ1) is 8.61. The molecule has 0 saturated carbocycles. The number of nitrogens with zero attached hydrogens (tertiary/aromatic N) is 1. The minimum absolute atomic E-state index is 0.334. The van der Waals surface area contributed by atoms with Gasteiger partial charge in [-0.15, -0.1) is 0 Å². The predicted molar refractivity (Wildman–Crippen MR) is 73.2 cm³/mol. The molecule has 0 amide bonds. The van der Waals surface area contributed by atoms with Crippen molar-refractivity contribution < 1.29 is 8.42 Å². The van der Waals surface area contributed by atoms with Crippen LogP contribution in [0.2, 0.25) is 0 Å². The topological polar surface area (TPSA) is 51.1 Å². The van der Waals surface area contributed by atoms with Crippen molar-refractivity contribution in [2.24, 2.45) is 0 Å². The minimum atomic E-state index is -2.75. The molecule has 102 valence electrons. The Kier molecular flexibility index (Phi) is 4.45. The van der Waals surface area contributed by atoms with Gasteiger partial charge in [-0.05, 0) is 31.4 Å². The largest absolute Gasteiger partial charge is 0.350 e. The number of aromatic nitrogens is 1. The van der Waals surface area contributed by atoms with E-state index in [0.717, 1.165) is 32.4 Å². The lowest BCUT2D eigenvalue weighted by molar-refractivity contribution is 0.453. The zero-order valence-corrected chi connectivity index (χ0v) is 11.7. The maximum Gasteiger partial charge on any atom is 0.150 e. The molecule has 0 unspecified atom stereocenters. The highest BCUT2D eigenvalue weighted by molar-refractivity contribution is 7.91. The standard InChI is InChI=1S/C13H22N2O2S/c1-2-7-15-8-3-4-13(15)11-14-12-5-9-18(16,17)10-6-12/h3-4,8,12,14H,2,5-7,9-11H2,1H3. The van der Waals surface area contributed by atoms with Gasteiger partial charge in [0.1, 0.15) is 9.84 Å². The third-order valence-corrected chi connectivity index (χ3v) is 5.23. The zero-order chi connectivity index (χ0) is 13.0. The van der Waals surface area contributed by atoms with Gasteiger partial charge in [0.15, 0.2) is 0 Å². The third kappa shape index (κ3) is 3.59. The van der Waals surface area contributed by atoms with E-state index in [4.69, 9.17) is 0 Å². The molecule has 2 heterocycles. The van der Waals surface area contributed by atoms with Crippen LogP contribution in [0.1, 0.15) is 31.9 Å². The molecular weight excluding hydrogens is 248 g/mol. The molecule has 1 saturated heterocycles. The van der Waals surface area contributed by atoms with Crippen LogP contribution >= 0.6 is 0 Å². The van der Waals surface area contributed by atoms with Crippen LogP contribution in [0, 0.1) is 0 Å². The first-order valence-corrected chi connectivity index (χ1v) is 8.50. The molecule has 0 aliphatic carbocycles. The first kappa shape index (κ1) is 13.6. The number of hydrogen-bond acceptors (Lipinski definition) is 3. The van der Waals surface area contributed by atoms with E-state index < -0.39 is 9.84 Å². The van der Waals surface area contributed by atoms with E-state index in [9.17, 15) is 8.42 Å². The predicted octanol–water partition coefficient (Wildman–Crippen LogP) is 1.56. The molecule has 0 radical (unpaired) electrons. The Morgan fingerprint density at radius 2 is 2.11 bits per heavy atom. The fraction of sp³-hybridized carbons (Fsp3) is 0.692. The lowest BCUT2D eigenvalue weighted by Gasteiger charge is -2.23. The molecule has 0 bridgehead atoms. The van der Waals surface area contributed by atoms with Crippen LogP contribution in [0.15, 0.2) is 18.3 Å². The van der Waals surface area contributed by atoms with Crippen molar-refractivity contribution in [1.29, 1.82) is 0 Å². The molecular formula is C13H22N2O2S. The molecule has 1 aromatic heterocycles. The van der Waals surface area contributed by atoms with E-state index in [-0.39, 0.29) is 0 Å². The van der Waals surface area contributed by atoms with Crippen molar-refractivity contribution in [3.05, 3.63) is 24.0 Å². The van der Waals surface area contributed by atoms with Gasteiger partial charge in [0.05, 0.1) is 11.5 Å². The number of sulfone groups is 1. The quantitative estimate of drug-likeness (QED) is 0.883. The average Bonchev–Trinajstić information content (AvgIpc) is 2.76. The Hall–Kier alpha value is -0.810. The first-order valence-electron chi connectivity index (χ1n) is 6.68. The number of aryl methyl sites for hydroxylation is 1. The fourth-order valence-electron chi connectivity index (χ4n) is 2.41. The van der Waals surface area contributed by atoms with Crippen LogP contribution in [0.5, 0.6) is 0 Å². The Bertz CT molecular complexity index is 465. The van der Waals surface area contributed by atoms with Crippen LogP contribution < -0.4 is 5.32 Å². The Labute approximate surface area is 109 Å². The summed E-state index contributed by atoms with van der Waals surface area (Å²) in [7, 11) is -2.75. The summed E-state index contributed by atoms with van der Waals surface area (Å²) < 4.78 is 24.9. The number of rotatable bonds is 5. The van der Waals surface area contributed by atoms with Crippen molar-refractivity contribution in [2.75, 3.05) is 11.5 Å². The Morgan fingerprint density at radius 1 is 1.39 bits per heavy atom. The molecule has 0 spiro atoms. The van der Waals surface area contributed by atoms with Gasteiger partial charge < -0.3 is 9.88 Å². The normalized spacial score (nSPS) is 20.1. The summed E-state index contributed by atoms with van der Waals surface area (Å²) >= 11 is 0. The van der Waals surface area contributed by atoms with Gasteiger partial charge in [-0.1, -0.05) is 6.92 Å². The van der Waals surface area contributed by atoms with Crippen LogP contribution in [0.25, 0.3) is 0 Å². The van der Waals surface area contributed by atoms with Gasteiger partial charge >= 0.3 is 0 Å². The van der Waals surface area contributed by atoms with E-state index in [1.54, 1.807) is 0 Å². The summed E-state index contributed by atoms with van der Waals surface area (Å²) in [6, 6.07) is 4.54. The summed E-state index contributed by atoms with van der Waals surface area (Å²) in [5, 5.41) is 3.48. The van der Waals surface area contributed by atoms with Crippen LogP contribution in [-0.2, 0) is 22.9 Å². The molecule has 1 N–H and O–H groups in total. The lowest BCUT2D eigenvalue weighted by Crippen LogP contribution is -2.37. The van der Waals surface area contributed by atoms with Crippen molar-refractivity contribution in [3.8, 4) is 0 Å².